The quantitative estimate of drug-likeness (QED) is 0.904. The van der Waals surface area contributed by atoms with Crippen molar-refractivity contribution in [1.82, 2.24) is 4.98 Å². The van der Waals surface area contributed by atoms with Crippen molar-refractivity contribution in [2.75, 3.05) is 4.72 Å². The molecular formula is C13H12F2N2O3S. The predicted octanol–water partition coefficient (Wildman–Crippen LogP) is 1.96. The normalized spacial score (nSPS) is 11.4. The molecule has 0 aliphatic heterocycles. The molecule has 1 aromatic carbocycles. The molecule has 0 aliphatic carbocycles. The van der Waals surface area contributed by atoms with E-state index in [0.29, 0.717) is 5.69 Å². The number of benzene rings is 1. The molecule has 0 fully saturated rings. The van der Waals surface area contributed by atoms with Crippen LogP contribution in [0.15, 0.2) is 35.4 Å². The average Bonchev–Trinajstić information content (AvgIpc) is 2.41. The van der Waals surface area contributed by atoms with Crippen LogP contribution in [0, 0.1) is 18.6 Å². The molecule has 0 unspecified atom stereocenters. The number of nitrogens with zero attached hydrogens (tertiary/aromatic N) is 1. The Morgan fingerprint density at radius 3 is 2.52 bits per heavy atom. The van der Waals surface area contributed by atoms with Crippen molar-refractivity contribution in [3.8, 4) is 0 Å². The molecule has 8 heteroatoms. The first-order valence-corrected chi connectivity index (χ1v) is 7.36. The van der Waals surface area contributed by atoms with E-state index in [4.69, 9.17) is 5.11 Å². The van der Waals surface area contributed by atoms with Crippen molar-refractivity contribution in [1.29, 1.82) is 0 Å². The predicted molar refractivity (Wildman–Crippen MR) is 72.1 cm³/mol. The third kappa shape index (κ3) is 3.17. The van der Waals surface area contributed by atoms with Crippen molar-refractivity contribution in [3.63, 3.8) is 0 Å². The van der Waals surface area contributed by atoms with E-state index in [2.05, 4.69) is 9.71 Å². The van der Waals surface area contributed by atoms with Gasteiger partial charge in [-0.25, -0.2) is 17.2 Å². The number of hydrogen-bond donors (Lipinski definition) is 2. The van der Waals surface area contributed by atoms with Crippen molar-refractivity contribution < 1.29 is 22.3 Å². The number of aliphatic hydroxyl groups excluding tert-OH is 1. The van der Waals surface area contributed by atoms with Crippen molar-refractivity contribution in [2.24, 2.45) is 0 Å². The number of halogens is 2. The monoisotopic (exact) mass is 314 g/mol. The van der Waals surface area contributed by atoms with Crippen LogP contribution in [0.25, 0.3) is 0 Å². The van der Waals surface area contributed by atoms with Crippen molar-refractivity contribution in [3.05, 3.63) is 53.4 Å². The summed E-state index contributed by atoms with van der Waals surface area (Å²) in [7, 11) is -4.25. The molecule has 5 nitrogen and oxygen atoms in total. The second-order valence-corrected chi connectivity index (χ2v) is 5.94. The van der Waals surface area contributed by atoms with Gasteiger partial charge in [-0.15, -0.1) is 0 Å². The highest BCUT2D eigenvalue weighted by Gasteiger charge is 2.23. The van der Waals surface area contributed by atoms with E-state index in [1.165, 1.54) is 12.3 Å². The lowest BCUT2D eigenvalue weighted by Gasteiger charge is -2.11. The number of hydrogen-bond acceptors (Lipinski definition) is 4. The summed E-state index contributed by atoms with van der Waals surface area (Å²) in [6, 6.07) is 4.64. The van der Waals surface area contributed by atoms with Gasteiger partial charge in [0.05, 0.1) is 24.1 Å². The summed E-state index contributed by atoms with van der Waals surface area (Å²) in [6.07, 6.45) is 1.28. The average molecular weight is 314 g/mol. The van der Waals surface area contributed by atoms with Crippen LogP contribution in [0.4, 0.5) is 14.5 Å². The van der Waals surface area contributed by atoms with Crippen LogP contribution in [0.1, 0.15) is 11.3 Å². The summed E-state index contributed by atoms with van der Waals surface area (Å²) in [5.41, 5.74) is 0.142. The zero-order valence-electron chi connectivity index (χ0n) is 11.0. The highest BCUT2D eigenvalue weighted by atomic mass is 32.2. The fourth-order valence-corrected chi connectivity index (χ4v) is 2.81. The second kappa shape index (κ2) is 5.74. The van der Waals surface area contributed by atoms with Gasteiger partial charge in [-0.3, -0.25) is 9.71 Å². The van der Waals surface area contributed by atoms with Gasteiger partial charge < -0.3 is 5.11 Å². The minimum absolute atomic E-state index is 0.148. The molecule has 112 valence electrons. The maximum Gasteiger partial charge on any atom is 0.264 e. The Bertz CT molecular complexity index is 762. The van der Waals surface area contributed by atoms with Gasteiger partial charge in [-0.2, -0.15) is 0 Å². The van der Waals surface area contributed by atoms with Crippen LogP contribution in [0.3, 0.4) is 0 Å². The fraction of sp³-hybridized carbons (Fsp3) is 0.154. The van der Waals surface area contributed by atoms with Crippen LogP contribution in [-0.2, 0) is 16.6 Å². The second-order valence-electron chi connectivity index (χ2n) is 4.29. The summed E-state index contributed by atoms with van der Waals surface area (Å²) >= 11 is 0. The highest BCUT2D eigenvalue weighted by molar-refractivity contribution is 7.92. The first-order valence-electron chi connectivity index (χ1n) is 5.88. The number of nitrogens with one attached hydrogen (secondary N) is 1. The molecule has 1 aromatic heterocycles. The van der Waals surface area contributed by atoms with Gasteiger partial charge in [0.25, 0.3) is 10.0 Å². The van der Waals surface area contributed by atoms with Gasteiger partial charge in [0, 0.05) is 5.69 Å². The molecule has 2 aromatic rings. The van der Waals surface area contributed by atoms with E-state index in [1.807, 2.05) is 0 Å². The van der Waals surface area contributed by atoms with Gasteiger partial charge in [0.15, 0.2) is 5.82 Å². The van der Waals surface area contributed by atoms with E-state index >= 15 is 0 Å². The van der Waals surface area contributed by atoms with Gasteiger partial charge >= 0.3 is 0 Å². The molecule has 0 radical (unpaired) electrons. The van der Waals surface area contributed by atoms with Crippen LogP contribution in [-0.4, -0.2) is 18.5 Å². The Morgan fingerprint density at radius 1 is 1.24 bits per heavy atom. The Kier molecular flexibility index (Phi) is 4.19. The van der Waals surface area contributed by atoms with Gasteiger partial charge in [-0.1, -0.05) is 0 Å². The molecule has 0 bridgehead atoms. The summed E-state index contributed by atoms with van der Waals surface area (Å²) in [5.74, 6) is -2.32. The molecule has 1 heterocycles. The Hall–Kier alpha value is -2.06. The van der Waals surface area contributed by atoms with Crippen LogP contribution < -0.4 is 4.72 Å². The SMILES string of the molecule is Cc1ccc(NS(=O)(=O)c2ccc(F)c(CO)c2F)cn1. The number of aromatic nitrogens is 1. The third-order valence-electron chi connectivity index (χ3n) is 2.76. The number of aliphatic hydroxyl groups is 1. The summed E-state index contributed by atoms with van der Waals surface area (Å²) in [4.78, 5) is 3.16. The number of anilines is 1. The molecule has 0 amide bonds. The largest absolute Gasteiger partial charge is 0.391 e. The minimum atomic E-state index is -4.25. The standard InChI is InChI=1S/C13H12F2N2O3S/c1-8-2-3-9(6-16-8)17-21(19,20)12-5-4-11(14)10(7-18)13(12)15/h2-6,17-18H,7H2,1H3. The molecule has 0 spiro atoms. The summed E-state index contributed by atoms with van der Waals surface area (Å²) in [6.45, 7) is 0.790. The van der Waals surface area contributed by atoms with Crippen LogP contribution in [0.2, 0.25) is 0 Å². The molecule has 2 N–H and O–H groups in total. The number of rotatable bonds is 4. The maximum absolute atomic E-state index is 14.0. The first-order chi connectivity index (χ1) is 9.85. The lowest BCUT2D eigenvalue weighted by Crippen LogP contribution is -2.16. The lowest BCUT2D eigenvalue weighted by molar-refractivity contribution is 0.267. The molecule has 0 saturated heterocycles. The molecule has 21 heavy (non-hydrogen) atoms. The molecule has 0 atom stereocenters. The van der Waals surface area contributed by atoms with Crippen LogP contribution in [0.5, 0.6) is 0 Å². The number of aryl methyl sites for hydroxylation is 1. The Morgan fingerprint density at radius 2 is 1.95 bits per heavy atom. The van der Waals surface area contributed by atoms with E-state index in [-0.39, 0.29) is 5.69 Å². The zero-order chi connectivity index (χ0) is 15.6. The number of sulfonamides is 1. The van der Waals surface area contributed by atoms with Crippen LogP contribution >= 0.6 is 0 Å². The summed E-state index contributed by atoms with van der Waals surface area (Å²) < 4.78 is 53.6. The van der Waals surface area contributed by atoms with E-state index in [1.54, 1.807) is 13.0 Å². The number of pyridine rings is 1. The molecule has 2 rings (SSSR count). The van der Waals surface area contributed by atoms with E-state index in [9.17, 15) is 17.2 Å². The van der Waals surface area contributed by atoms with Crippen molar-refractivity contribution in [2.45, 2.75) is 18.4 Å². The van der Waals surface area contributed by atoms with E-state index < -0.39 is 38.7 Å². The van der Waals surface area contributed by atoms with Gasteiger partial charge in [0.1, 0.15) is 10.7 Å². The molecule has 0 aliphatic rings. The maximum atomic E-state index is 14.0. The smallest absolute Gasteiger partial charge is 0.264 e. The topological polar surface area (TPSA) is 79.3 Å². The summed E-state index contributed by atoms with van der Waals surface area (Å²) in [5, 5.41) is 8.90. The van der Waals surface area contributed by atoms with Gasteiger partial charge in [0.2, 0.25) is 0 Å². The van der Waals surface area contributed by atoms with E-state index in [0.717, 1.165) is 12.1 Å². The zero-order valence-corrected chi connectivity index (χ0v) is 11.8. The molecular weight excluding hydrogens is 302 g/mol. The van der Waals surface area contributed by atoms with Crippen molar-refractivity contribution >= 4 is 15.7 Å². The molecule has 0 saturated carbocycles. The van der Waals surface area contributed by atoms with Gasteiger partial charge in [-0.05, 0) is 31.2 Å². The fourth-order valence-electron chi connectivity index (χ4n) is 1.67. The lowest BCUT2D eigenvalue weighted by atomic mass is 10.2. The first kappa shape index (κ1) is 15.3. The Labute approximate surface area is 120 Å². The minimum Gasteiger partial charge on any atom is -0.391 e. The third-order valence-corrected chi connectivity index (χ3v) is 4.16. The Balaban J connectivity index is 2.42. The highest BCUT2D eigenvalue weighted by Crippen LogP contribution is 2.23.